The van der Waals surface area contributed by atoms with Crippen molar-refractivity contribution < 1.29 is 14.6 Å². The van der Waals surface area contributed by atoms with Gasteiger partial charge >= 0.3 is 5.97 Å². The van der Waals surface area contributed by atoms with Gasteiger partial charge < -0.3 is 9.84 Å². The Labute approximate surface area is 167 Å². The lowest BCUT2D eigenvalue weighted by molar-refractivity contribution is 0.0692. The number of thioether (sulfide) groups is 1. The van der Waals surface area contributed by atoms with Gasteiger partial charge in [0.15, 0.2) is 0 Å². The van der Waals surface area contributed by atoms with E-state index in [-0.39, 0.29) is 5.56 Å². The van der Waals surface area contributed by atoms with E-state index in [9.17, 15) is 4.79 Å². The van der Waals surface area contributed by atoms with Crippen LogP contribution in [0.3, 0.4) is 0 Å². The molecule has 0 aliphatic carbocycles. The molecular weight excluding hydrogens is 356 g/mol. The van der Waals surface area contributed by atoms with Crippen molar-refractivity contribution in [2.45, 2.75) is 56.8 Å². The molecular formula is C23H30O3S. The molecule has 0 atom stereocenters. The molecule has 0 bridgehead atoms. The normalized spacial score (nSPS) is 14.5. The fourth-order valence-electron chi connectivity index (χ4n) is 3.01. The van der Waals surface area contributed by atoms with Gasteiger partial charge in [-0.2, -0.15) is 0 Å². The molecule has 1 aliphatic rings. The highest BCUT2D eigenvalue weighted by Gasteiger charge is 2.26. The molecule has 2 aromatic carbocycles. The molecule has 3 nitrogen and oxygen atoms in total. The number of fused-ring (bicyclic) bond motifs is 1. The van der Waals surface area contributed by atoms with Crippen molar-refractivity contribution in [3.8, 4) is 5.75 Å². The van der Waals surface area contributed by atoms with Crippen molar-refractivity contribution in [3.05, 3.63) is 59.7 Å². The molecule has 0 saturated carbocycles. The van der Waals surface area contributed by atoms with E-state index in [2.05, 4.69) is 45.0 Å². The van der Waals surface area contributed by atoms with Crippen LogP contribution in [0.5, 0.6) is 5.75 Å². The summed E-state index contributed by atoms with van der Waals surface area (Å²) >= 11 is 1.99. The average molecular weight is 387 g/mol. The van der Waals surface area contributed by atoms with Crippen molar-refractivity contribution in [3.63, 3.8) is 0 Å². The third kappa shape index (κ3) is 6.31. The summed E-state index contributed by atoms with van der Waals surface area (Å²) in [5.41, 5.74) is 2.15. The van der Waals surface area contributed by atoms with Crippen LogP contribution in [0.15, 0.2) is 53.4 Å². The van der Waals surface area contributed by atoms with Crippen molar-refractivity contribution in [1.82, 2.24) is 0 Å². The molecule has 4 heteroatoms. The summed E-state index contributed by atoms with van der Waals surface area (Å²) in [6, 6.07) is 15.5. The van der Waals surface area contributed by atoms with E-state index >= 15 is 0 Å². The van der Waals surface area contributed by atoms with Crippen LogP contribution in [0.4, 0.5) is 0 Å². The standard InChI is InChI=1S/C12H16O3.C11H14S/c1-2-3-6-9-15-11-8-5-4-7-10(11)12(13)14;1-11(2)7-8-12-10-6-4-3-5-9(10)11/h4-5,7-8H,2-3,6,9H2,1H3,(H,13,14);3-6H,7-8H2,1-2H3. The number of carboxylic acid groups (broad SMARTS) is 1. The molecule has 0 radical (unpaired) electrons. The van der Waals surface area contributed by atoms with Gasteiger partial charge in [-0.25, -0.2) is 4.79 Å². The van der Waals surface area contributed by atoms with Gasteiger partial charge in [0.1, 0.15) is 11.3 Å². The first-order valence-corrected chi connectivity index (χ1v) is 10.6. The summed E-state index contributed by atoms with van der Waals surface area (Å²) in [6.07, 6.45) is 4.50. The number of unbranched alkanes of at least 4 members (excludes halogenated alkanes) is 2. The number of aromatic carboxylic acids is 1. The van der Waals surface area contributed by atoms with E-state index in [0.29, 0.717) is 17.8 Å². The monoisotopic (exact) mass is 386 g/mol. The maximum absolute atomic E-state index is 10.8. The van der Waals surface area contributed by atoms with Crippen LogP contribution in [0.25, 0.3) is 0 Å². The van der Waals surface area contributed by atoms with Gasteiger partial charge in [-0.1, -0.05) is 63.9 Å². The Hall–Kier alpha value is -1.94. The molecule has 27 heavy (non-hydrogen) atoms. The van der Waals surface area contributed by atoms with Crippen LogP contribution in [-0.2, 0) is 5.41 Å². The molecule has 1 heterocycles. The number of ether oxygens (including phenoxy) is 1. The molecule has 1 N–H and O–H groups in total. The van der Waals surface area contributed by atoms with E-state index in [1.165, 1.54) is 22.6 Å². The van der Waals surface area contributed by atoms with Crippen molar-refractivity contribution in [2.75, 3.05) is 12.4 Å². The second kappa shape index (κ2) is 10.4. The first-order chi connectivity index (χ1) is 13.0. The minimum absolute atomic E-state index is 0.231. The van der Waals surface area contributed by atoms with Crippen molar-refractivity contribution in [2.24, 2.45) is 0 Å². The molecule has 3 rings (SSSR count). The molecule has 146 valence electrons. The topological polar surface area (TPSA) is 46.5 Å². The van der Waals surface area contributed by atoms with Gasteiger partial charge in [0, 0.05) is 4.90 Å². The van der Waals surface area contributed by atoms with Crippen LogP contribution in [0.1, 0.15) is 62.4 Å². The van der Waals surface area contributed by atoms with Gasteiger partial charge in [0.2, 0.25) is 0 Å². The molecule has 0 aromatic heterocycles. The largest absolute Gasteiger partial charge is 0.493 e. The SMILES string of the molecule is CC1(C)CCSc2ccccc21.CCCCCOc1ccccc1C(=O)O. The molecule has 0 amide bonds. The van der Waals surface area contributed by atoms with Crippen LogP contribution >= 0.6 is 11.8 Å². The Balaban J connectivity index is 0.000000198. The van der Waals surface area contributed by atoms with E-state index in [4.69, 9.17) is 9.84 Å². The van der Waals surface area contributed by atoms with E-state index in [1.807, 2.05) is 11.8 Å². The zero-order valence-electron chi connectivity index (χ0n) is 16.5. The lowest BCUT2D eigenvalue weighted by Crippen LogP contribution is -2.22. The Bertz CT molecular complexity index is 740. The molecule has 0 spiro atoms. The number of para-hydroxylation sites is 1. The fourth-order valence-corrected chi connectivity index (χ4v) is 4.51. The van der Waals surface area contributed by atoms with E-state index in [0.717, 1.165) is 19.3 Å². The van der Waals surface area contributed by atoms with Gasteiger partial charge in [-0.15, -0.1) is 11.8 Å². The zero-order valence-corrected chi connectivity index (χ0v) is 17.3. The highest BCUT2D eigenvalue weighted by molar-refractivity contribution is 7.99. The van der Waals surface area contributed by atoms with Gasteiger partial charge in [-0.3, -0.25) is 0 Å². The first kappa shape index (κ1) is 21.4. The van der Waals surface area contributed by atoms with E-state index < -0.39 is 5.97 Å². The maximum Gasteiger partial charge on any atom is 0.339 e. The number of carbonyl (C=O) groups is 1. The van der Waals surface area contributed by atoms with Crippen LogP contribution in [0.2, 0.25) is 0 Å². The molecule has 2 aromatic rings. The Morgan fingerprint density at radius 3 is 2.52 bits per heavy atom. The number of hydrogen-bond donors (Lipinski definition) is 1. The lowest BCUT2D eigenvalue weighted by atomic mass is 9.82. The molecule has 1 aliphatic heterocycles. The highest BCUT2D eigenvalue weighted by Crippen LogP contribution is 2.40. The van der Waals surface area contributed by atoms with Crippen molar-refractivity contribution in [1.29, 1.82) is 0 Å². The van der Waals surface area contributed by atoms with Gasteiger partial charge in [0.25, 0.3) is 0 Å². The summed E-state index contributed by atoms with van der Waals surface area (Å²) in [5.74, 6) is 0.784. The first-order valence-electron chi connectivity index (χ1n) is 9.63. The predicted octanol–water partition coefficient (Wildman–Crippen LogP) is 6.41. The molecule has 0 unspecified atom stereocenters. The van der Waals surface area contributed by atoms with E-state index in [1.54, 1.807) is 24.3 Å². The van der Waals surface area contributed by atoms with Gasteiger partial charge in [-0.05, 0) is 47.8 Å². The number of hydrogen-bond acceptors (Lipinski definition) is 3. The second-order valence-corrected chi connectivity index (χ2v) is 8.47. The highest BCUT2D eigenvalue weighted by atomic mass is 32.2. The summed E-state index contributed by atoms with van der Waals surface area (Å²) in [7, 11) is 0. The number of carboxylic acids is 1. The molecule has 0 fully saturated rings. The minimum atomic E-state index is -0.943. The second-order valence-electron chi connectivity index (χ2n) is 7.34. The number of benzene rings is 2. The molecule has 0 saturated heterocycles. The Morgan fingerprint density at radius 2 is 1.81 bits per heavy atom. The minimum Gasteiger partial charge on any atom is -0.493 e. The van der Waals surface area contributed by atoms with Crippen LogP contribution in [0, 0.1) is 0 Å². The summed E-state index contributed by atoms with van der Waals surface area (Å²) in [6.45, 7) is 7.38. The lowest BCUT2D eigenvalue weighted by Gasteiger charge is -2.31. The van der Waals surface area contributed by atoms with Crippen molar-refractivity contribution >= 4 is 17.7 Å². The van der Waals surface area contributed by atoms with Crippen LogP contribution < -0.4 is 4.74 Å². The Morgan fingerprint density at radius 1 is 1.11 bits per heavy atom. The summed E-state index contributed by atoms with van der Waals surface area (Å²) in [5, 5.41) is 8.89. The fraction of sp³-hybridized carbons (Fsp3) is 0.435. The summed E-state index contributed by atoms with van der Waals surface area (Å²) in [4.78, 5) is 12.3. The van der Waals surface area contributed by atoms with Gasteiger partial charge in [0.05, 0.1) is 6.61 Å². The smallest absolute Gasteiger partial charge is 0.339 e. The maximum atomic E-state index is 10.8. The predicted molar refractivity (Wildman–Crippen MR) is 113 cm³/mol. The number of rotatable bonds is 6. The quantitative estimate of drug-likeness (QED) is 0.582. The summed E-state index contributed by atoms with van der Waals surface area (Å²) < 4.78 is 5.42. The Kier molecular flexibility index (Phi) is 8.23. The average Bonchev–Trinajstić information content (AvgIpc) is 2.66. The third-order valence-corrected chi connectivity index (χ3v) is 5.80. The van der Waals surface area contributed by atoms with Crippen LogP contribution in [-0.4, -0.2) is 23.4 Å². The third-order valence-electron chi connectivity index (χ3n) is 4.72. The zero-order chi connectivity index (χ0) is 19.7.